The third-order valence-electron chi connectivity index (χ3n) is 3.80. The highest BCUT2D eigenvalue weighted by Gasteiger charge is 2.22. The number of nitrogens with zero attached hydrogens (tertiary/aromatic N) is 1. The molecule has 22 heavy (non-hydrogen) atoms. The fourth-order valence-electron chi connectivity index (χ4n) is 2.58. The Morgan fingerprint density at radius 3 is 2.73 bits per heavy atom. The number of likely N-dealkylation sites (tertiary alicyclic amines) is 1. The first-order valence-electron chi connectivity index (χ1n) is 7.21. The summed E-state index contributed by atoms with van der Waals surface area (Å²) in [5, 5.41) is 6.07. The van der Waals surface area contributed by atoms with E-state index in [-0.39, 0.29) is 30.3 Å². The van der Waals surface area contributed by atoms with Gasteiger partial charge in [0.25, 0.3) is 0 Å². The first-order valence-corrected chi connectivity index (χ1v) is 8.36. The Morgan fingerprint density at radius 1 is 1.36 bits per heavy atom. The summed E-state index contributed by atoms with van der Waals surface area (Å²) in [5.41, 5.74) is 1.90. The first kappa shape index (κ1) is 17.1. The smallest absolute Gasteiger partial charge is 0.242 e. The Hall–Kier alpha value is -1.24. The van der Waals surface area contributed by atoms with Crippen LogP contribution in [0, 0.1) is 0 Å². The fraction of sp³-hybridized carbons (Fsp3) is 0.467. The number of nitrogens with one attached hydrogen (secondary N) is 2. The summed E-state index contributed by atoms with van der Waals surface area (Å²) in [6, 6.07) is 7.64. The third kappa shape index (κ3) is 4.15. The standard InChI is InChI=1S/C15H19N3O2S.ClH/c19-14-2-1-7-18(14)8-11-3-5-12(6-4-11)17-15(20)13-9-21-10-16-13;/h3-6,13,16H,1-2,7-10H2,(H,17,20);1H. The van der Waals surface area contributed by atoms with Crippen LogP contribution in [-0.4, -0.2) is 40.9 Å². The summed E-state index contributed by atoms with van der Waals surface area (Å²) >= 11 is 1.73. The van der Waals surface area contributed by atoms with E-state index in [1.165, 1.54) is 0 Å². The molecule has 0 aliphatic carbocycles. The van der Waals surface area contributed by atoms with Crippen LogP contribution >= 0.6 is 24.2 Å². The van der Waals surface area contributed by atoms with Gasteiger partial charge in [0.05, 0.1) is 6.04 Å². The van der Waals surface area contributed by atoms with Crippen molar-refractivity contribution in [2.45, 2.75) is 25.4 Å². The maximum Gasteiger partial charge on any atom is 0.242 e. The Bertz CT molecular complexity index is 532. The zero-order valence-electron chi connectivity index (χ0n) is 12.2. The van der Waals surface area contributed by atoms with E-state index in [0.717, 1.165) is 35.8 Å². The minimum Gasteiger partial charge on any atom is -0.338 e. The number of amides is 2. The summed E-state index contributed by atoms with van der Waals surface area (Å²) in [5.74, 6) is 1.90. The highest BCUT2D eigenvalue weighted by molar-refractivity contribution is 7.99. The molecular weight excluding hydrogens is 322 g/mol. The summed E-state index contributed by atoms with van der Waals surface area (Å²) in [6.07, 6.45) is 1.62. The molecule has 0 aromatic heterocycles. The van der Waals surface area contributed by atoms with Gasteiger partial charge in [-0.3, -0.25) is 14.9 Å². The lowest BCUT2D eigenvalue weighted by atomic mass is 10.2. The summed E-state index contributed by atoms with van der Waals surface area (Å²) in [7, 11) is 0. The number of hydrogen-bond donors (Lipinski definition) is 2. The van der Waals surface area contributed by atoms with Crippen molar-refractivity contribution in [3.05, 3.63) is 29.8 Å². The van der Waals surface area contributed by atoms with Crippen LogP contribution in [0.4, 0.5) is 5.69 Å². The van der Waals surface area contributed by atoms with Gasteiger partial charge in [0.2, 0.25) is 11.8 Å². The fourth-order valence-corrected chi connectivity index (χ4v) is 3.52. The molecule has 1 aromatic carbocycles. The molecule has 2 amide bonds. The average Bonchev–Trinajstić information content (AvgIpc) is 3.14. The molecule has 1 unspecified atom stereocenters. The molecule has 5 nitrogen and oxygen atoms in total. The SMILES string of the molecule is Cl.O=C(Nc1ccc(CN2CCCC2=O)cc1)C1CSCN1. The number of anilines is 1. The summed E-state index contributed by atoms with van der Waals surface area (Å²) < 4.78 is 0. The number of benzene rings is 1. The highest BCUT2D eigenvalue weighted by atomic mass is 35.5. The summed E-state index contributed by atoms with van der Waals surface area (Å²) in [4.78, 5) is 25.5. The zero-order chi connectivity index (χ0) is 14.7. The molecule has 1 atom stereocenters. The molecule has 2 fully saturated rings. The van der Waals surface area contributed by atoms with E-state index in [0.29, 0.717) is 13.0 Å². The lowest BCUT2D eigenvalue weighted by Crippen LogP contribution is -2.37. The van der Waals surface area contributed by atoms with Gasteiger partial charge in [-0.05, 0) is 24.1 Å². The number of thioether (sulfide) groups is 1. The predicted molar refractivity (Wildman–Crippen MR) is 91.2 cm³/mol. The molecule has 2 aliphatic heterocycles. The Morgan fingerprint density at radius 2 is 2.14 bits per heavy atom. The molecule has 0 bridgehead atoms. The molecule has 2 heterocycles. The van der Waals surface area contributed by atoms with Crippen LogP contribution in [-0.2, 0) is 16.1 Å². The van der Waals surface area contributed by atoms with Gasteiger partial charge in [-0.15, -0.1) is 24.2 Å². The molecule has 7 heteroatoms. The maximum absolute atomic E-state index is 12.0. The normalized spacial score (nSPS) is 20.8. The van der Waals surface area contributed by atoms with Crippen molar-refractivity contribution in [1.82, 2.24) is 10.2 Å². The highest BCUT2D eigenvalue weighted by Crippen LogP contribution is 2.17. The number of halogens is 1. The van der Waals surface area contributed by atoms with Crippen LogP contribution in [0.2, 0.25) is 0 Å². The topological polar surface area (TPSA) is 61.4 Å². The van der Waals surface area contributed by atoms with Crippen LogP contribution in [0.15, 0.2) is 24.3 Å². The van der Waals surface area contributed by atoms with E-state index in [4.69, 9.17) is 0 Å². The van der Waals surface area contributed by atoms with Gasteiger partial charge in [0.15, 0.2) is 0 Å². The Kier molecular flexibility index (Phi) is 6.11. The van der Waals surface area contributed by atoms with E-state index in [1.807, 2.05) is 29.2 Å². The lowest BCUT2D eigenvalue weighted by Gasteiger charge is -2.16. The maximum atomic E-state index is 12.0. The number of carbonyl (C=O) groups excluding carboxylic acids is 2. The van der Waals surface area contributed by atoms with Crippen molar-refractivity contribution < 1.29 is 9.59 Å². The largest absolute Gasteiger partial charge is 0.338 e. The van der Waals surface area contributed by atoms with Crippen LogP contribution in [0.3, 0.4) is 0 Å². The van der Waals surface area contributed by atoms with E-state index in [9.17, 15) is 9.59 Å². The molecule has 2 N–H and O–H groups in total. The van der Waals surface area contributed by atoms with Crippen molar-refractivity contribution in [1.29, 1.82) is 0 Å². The van der Waals surface area contributed by atoms with Crippen molar-refractivity contribution in [2.24, 2.45) is 0 Å². The van der Waals surface area contributed by atoms with Gasteiger partial charge >= 0.3 is 0 Å². The number of rotatable bonds is 4. The Balaban J connectivity index is 0.00000176. The minimum absolute atomic E-state index is 0. The van der Waals surface area contributed by atoms with Gasteiger partial charge < -0.3 is 10.2 Å². The molecule has 2 aliphatic rings. The van der Waals surface area contributed by atoms with Crippen molar-refractivity contribution in [2.75, 3.05) is 23.5 Å². The van der Waals surface area contributed by atoms with Crippen LogP contribution in [0.25, 0.3) is 0 Å². The molecule has 0 spiro atoms. The van der Waals surface area contributed by atoms with Crippen molar-refractivity contribution >= 4 is 41.7 Å². The minimum atomic E-state index is -0.100. The molecule has 1 aromatic rings. The second kappa shape index (κ2) is 7.85. The van der Waals surface area contributed by atoms with Gasteiger partial charge in [0.1, 0.15) is 0 Å². The van der Waals surface area contributed by atoms with E-state index in [1.54, 1.807) is 11.8 Å². The van der Waals surface area contributed by atoms with Gasteiger partial charge in [0, 0.05) is 36.8 Å². The average molecular weight is 342 g/mol. The zero-order valence-corrected chi connectivity index (χ0v) is 13.8. The second-order valence-corrected chi connectivity index (χ2v) is 6.41. The number of carbonyl (C=O) groups is 2. The van der Waals surface area contributed by atoms with Crippen molar-refractivity contribution in [3.8, 4) is 0 Å². The molecule has 0 radical (unpaired) electrons. The Labute approximate surface area is 140 Å². The van der Waals surface area contributed by atoms with Crippen LogP contribution in [0.5, 0.6) is 0 Å². The summed E-state index contributed by atoms with van der Waals surface area (Å²) in [6.45, 7) is 1.51. The quantitative estimate of drug-likeness (QED) is 0.877. The molecular formula is C15H20ClN3O2S. The van der Waals surface area contributed by atoms with E-state index in [2.05, 4.69) is 10.6 Å². The second-order valence-electron chi connectivity index (χ2n) is 5.38. The predicted octanol–water partition coefficient (Wildman–Crippen LogP) is 1.83. The van der Waals surface area contributed by atoms with Crippen molar-refractivity contribution in [3.63, 3.8) is 0 Å². The van der Waals surface area contributed by atoms with Crippen LogP contribution in [0.1, 0.15) is 18.4 Å². The molecule has 120 valence electrons. The van der Waals surface area contributed by atoms with E-state index >= 15 is 0 Å². The van der Waals surface area contributed by atoms with Gasteiger partial charge in [-0.1, -0.05) is 12.1 Å². The number of hydrogen-bond acceptors (Lipinski definition) is 4. The molecule has 0 saturated carbocycles. The third-order valence-corrected chi connectivity index (χ3v) is 4.74. The van der Waals surface area contributed by atoms with Gasteiger partial charge in [-0.25, -0.2) is 0 Å². The molecule has 2 saturated heterocycles. The van der Waals surface area contributed by atoms with Gasteiger partial charge in [-0.2, -0.15) is 0 Å². The molecule has 3 rings (SSSR count). The monoisotopic (exact) mass is 341 g/mol. The lowest BCUT2D eigenvalue weighted by molar-refractivity contribution is -0.128. The van der Waals surface area contributed by atoms with Crippen LogP contribution < -0.4 is 10.6 Å². The first-order chi connectivity index (χ1) is 10.2. The van der Waals surface area contributed by atoms with E-state index < -0.39 is 0 Å².